The van der Waals surface area contributed by atoms with Crippen LogP contribution in [0.2, 0.25) is 0 Å². The lowest BCUT2D eigenvalue weighted by Gasteiger charge is -2.21. The molecule has 0 spiro atoms. The van der Waals surface area contributed by atoms with Crippen LogP contribution >= 0.6 is 11.6 Å². The van der Waals surface area contributed by atoms with E-state index in [1.807, 2.05) is 0 Å². The zero-order valence-electron chi connectivity index (χ0n) is 9.18. The normalized spacial score (nSPS) is 33.3. The molecular formula is C12H20ClNO. The van der Waals surface area contributed by atoms with E-state index in [9.17, 15) is 4.79 Å². The molecule has 3 atom stereocenters. The zero-order valence-corrected chi connectivity index (χ0v) is 9.93. The zero-order chi connectivity index (χ0) is 10.7. The summed E-state index contributed by atoms with van der Waals surface area (Å²) in [5, 5.41) is 3.05. The lowest BCUT2D eigenvalue weighted by molar-refractivity contribution is -0.121. The number of rotatable bonds is 5. The minimum Gasteiger partial charge on any atom is -0.356 e. The SMILES string of the molecule is O=C(CCCCl)NC[C@@H]1C[C@H]2CC[C@H]1C2. The highest BCUT2D eigenvalue weighted by Crippen LogP contribution is 2.47. The van der Waals surface area contributed by atoms with Gasteiger partial charge in [-0.1, -0.05) is 6.42 Å². The predicted molar refractivity (Wildman–Crippen MR) is 61.9 cm³/mol. The Kier molecular flexibility index (Phi) is 3.90. The maximum Gasteiger partial charge on any atom is 0.220 e. The molecule has 2 bridgehead atoms. The van der Waals surface area contributed by atoms with E-state index in [4.69, 9.17) is 11.6 Å². The Morgan fingerprint density at radius 3 is 2.80 bits per heavy atom. The molecule has 0 aromatic rings. The molecule has 2 nitrogen and oxygen atoms in total. The van der Waals surface area contributed by atoms with Crippen molar-refractivity contribution in [3.05, 3.63) is 0 Å². The molecule has 2 fully saturated rings. The molecule has 0 aromatic heterocycles. The van der Waals surface area contributed by atoms with Crippen molar-refractivity contribution in [2.24, 2.45) is 17.8 Å². The van der Waals surface area contributed by atoms with Gasteiger partial charge in [-0.15, -0.1) is 11.6 Å². The summed E-state index contributed by atoms with van der Waals surface area (Å²) in [5.41, 5.74) is 0. The largest absolute Gasteiger partial charge is 0.356 e. The van der Waals surface area contributed by atoms with E-state index in [0.717, 1.165) is 30.7 Å². The van der Waals surface area contributed by atoms with Gasteiger partial charge >= 0.3 is 0 Å². The van der Waals surface area contributed by atoms with Crippen molar-refractivity contribution in [2.45, 2.75) is 38.5 Å². The quantitative estimate of drug-likeness (QED) is 0.722. The third kappa shape index (κ3) is 2.87. The van der Waals surface area contributed by atoms with Crippen molar-refractivity contribution in [1.29, 1.82) is 0 Å². The fraction of sp³-hybridized carbons (Fsp3) is 0.917. The number of amides is 1. The number of halogens is 1. The van der Waals surface area contributed by atoms with Crippen molar-refractivity contribution in [3.8, 4) is 0 Å². The Balaban J connectivity index is 1.64. The Morgan fingerprint density at radius 1 is 1.33 bits per heavy atom. The molecule has 0 unspecified atom stereocenters. The lowest BCUT2D eigenvalue weighted by atomic mass is 9.89. The number of nitrogens with one attached hydrogen (secondary N) is 1. The second kappa shape index (κ2) is 5.20. The van der Waals surface area contributed by atoms with Crippen LogP contribution in [-0.2, 0) is 4.79 Å². The Morgan fingerprint density at radius 2 is 2.20 bits per heavy atom. The summed E-state index contributed by atoms with van der Waals surface area (Å²) in [5.74, 6) is 3.41. The van der Waals surface area contributed by atoms with Gasteiger partial charge in [0.05, 0.1) is 0 Å². The third-order valence-electron chi connectivity index (χ3n) is 3.98. The first-order chi connectivity index (χ1) is 7.29. The van der Waals surface area contributed by atoms with E-state index in [1.54, 1.807) is 0 Å². The summed E-state index contributed by atoms with van der Waals surface area (Å²) in [6.07, 6.45) is 6.98. The van der Waals surface area contributed by atoms with Crippen LogP contribution in [0.5, 0.6) is 0 Å². The van der Waals surface area contributed by atoms with Crippen molar-refractivity contribution in [3.63, 3.8) is 0 Å². The number of carbonyl (C=O) groups is 1. The molecular weight excluding hydrogens is 210 g/mol. The summed E-state index contributed by atoms with van der Waals surface area (Å²) in [7, 11) is 0. The van der Waals surface area contributed by atoms with Crippen molar-refractivity contribution < 1.29 is 4.79 Å². The smallest absolute Gasteiger partial charge is 0.220 e. The molecule has 0 aromatic carbocycles. The molecule has 1 amide bonds. The van der Waals surface area contributed by atoms with Gasteiger partial charge < -0.3 is 5.32 Å². The minimum absolute atomic E-state index is 0.179. The van der Waals surface area contributed by atoms with Gasteiger partial charge in [0.25, 0.3) is 0 Å². The van der Waals surface area contributed by atoms with Crippen LogP contribution in [0, 0.1) is 17.8 Å². The highest BCUT2D eigenvalue weighted by atomic mass is 35.5. The molecule has 15 heavy (non-hydrogen) atoms. The standard InChI is InChI=1S/C12H20ClNO/c13-5-1-2-12(15)14-8-11-7-9-3-4-10(11)6-9/h9-11H,1-8H2,(H,14,15)/t9-,10-,11-/m0/s1. The minimum atomic E-state index is 0.179. The molecule has 0 saturated heterocycles. The van der Waals surface area contributed by atoms with Crippen LogP contribution in [0.4, 0.5) is 0 Å². The molecule has 2 rings (SSSR count). The van der Waals surface area contributed by atoms with Gasteiger partial charge in [-0.2, -0.15) is 0 Å². The van der Waals surface area contributed by atoms with Gasteiger partial charge in [-0.05, 0) is 43.4 Å². The maximum atomic E-state index is 11.4. The second-order valence-corrected chi connectivity index (χ2v) is 5.41. The summed E-state index contributed by atoms with van der Waals surface area (Å²) in [6, 6.07) is 0. The number of hydrogen-bond donors (Lipinski definition) is 1. The number of fused-ring (bicyclic) bond motifs is 2. The molecule has 1 N–H and O–H groups in total. The van der Waals surface area contributed by atoms with Crippen LogP contribution in [0.15, 0.2) is 0 Å². The van der Waals surface area contributed by atoms with Crippen LogP contribution < -0.4 is 5.32 Å². The highest BCUT2D eigenvalue weighted by Gasteiger charge is 2.39. The fourth-order valence-corrected chi connectivity index (χ4v) is 3.32. The Bertz CT molecular complexity index is 232. The van der Waals surface area contributed by atoms with E-state index >= 15 is 0 Å². The molecule has 0 aliphatic heterocycles. The van der Waals surface area contributed by atoms with E-state index < -0.39 is 0 Å². The molecule has 2 aliphatic carbocycles. The first-order valence-corrected chi connectivity index (χ1v) is 6.65. The van der Waals surface area contributed by atoms with Gasteiger partial charge in [0.15, 0.2) is 0 Å². The fourth-order valence-electron chi connectivity index (χ4n) is 3.19. The van der Waals surface area contributed by atoms with Crippen molar-refractivity contribution in [2.75, 3.05) is 12.4 Å². The Labute approximate surface area is 96.8 Å². The lowest BCUT2D eigenvalue weighted by Crippen LogP contribution is -2.31. The van der Waals surface area contributed by atoms with Gasteiger partial charge in [0.2, 0.25) is 5.91 Å². The molecule has 3 heteroatoms. The van der Waals surface area contributed by atoms with E-state index in [2.05, 4.69) is 5.32 Å². The molecule has 0 radical (unpaired) electrons. The van der Waals surface area contributed by atoms with Gasteiger partial charge in [0, 0.05) is 18.8 Å². The predicted octanol–water partition coefficient (Wildman–Crippen LogP) is 2.56. The summed E-state index contributed by atoms with van der Waals surface area (Å²) in [4.78, 5) is 11.4. The monoisotopic (exact) mass is 229 g/mol. The molecule has 0 heterocycles. The number of carbonyl (C=O) groups excluding carboxylic acids is 1. The molecule has 2 aliphatic rings. The second-order valence-electron chi connectivity index (χ2n) is 5.03. The van der Waals surface area contributed by atoms with E-state index in [-0.39, 0.29) is 5.91 Å². The topological polar surface area (TPSA) is 29.1 Å². The van der Waals surface area contributed by atoms with E-state index in [0.29, 0.717) is 12.3 Å². The number of hydrogen-bond acceptors (Lipinski definition) is 1. The average Bonchev–Trinajstić information content (AvgIpc) is 2.84. The van der Waals surface area contributed by atoms with Gasteiger partial charge in [-0.25, -0.2) is 0 Å². The summed E-state index contributed by atoms with van der Waals surface area (Å²) >= 11 is 5.54. The van der Waals surface area contributed by atoms with E-state index in [1.165, 1.54) is 25.7 Å². The summed E-state index contributed by atoms with van der Waals surface area (Å²) in [6.45, 7) is 0.905. The van der Waals surface area contributed by atoms with Crippen molar-refractivity contribution in [1.82, 2.24) is 5.32 Å². The maximum absolute atomic E-state index is 11.4. The van der Waals surface area contributed by atoms with Crippen LogP contribution in [-0.4, -0.2) is 18.3 Å². The third-order valence-corrected chi connectivity index (χ3v) is 4.25. The van der Waals surface area contributed by atoms with Crippen molar-refractivity contribution >= 4 is 17.5 Å². The van der Waals surface area contributed by atoms with Gasteiger partial charge in [0.1, 0.15) is 0 Å². The average molecular weight is 230 g/mol. The van der Waals surface area contributed by atoms with Gasteiger partial charge in [-0.3, -0.25) is 4.79 Å². The number of alkyl halides is 1. The Hall–Kier alpha value is -0.240. The molecule has 2 saturated carbocycles. The van der Waals surface area contributed by atoms with Crippen LogP contribution in [0.25, 0.3) is 0 Å². The molecule has 86 valence electrons. The highest BCUT2D eigenvalue weighted by molar-refractivity contribution is 6.17. The summed E-state index contributed by atoms with van der Waals surface area (Å²) < 4.78 is 0. The van der Waals surface area contributed by atoms with Crippen LogP contribution in [0.1, 0.15) is 38.5 Å². The first kappa shape index (κ1) is 11.3. The first-order valence-electron chi connectivity index (χ1n) is 6.12. The van der Waals surface area contributed by atoms with Crippen LogP contribution in [0.3, 0.4) is 0 Å².